The summed E-state index contributed by atoms with van der Waals surface area (Å²) in [6, 6.07) is 0. The highest BCUT2D eigenvalue weighted by Crippen LogP contribution is 2.13. The van der Waals surface area contributed by atoms with Gasteiger partial charge in [-0.05, 0) is 12.3 Å². The van der Waals surface area contributed by atoms with Gasteiger partial charge in [0.15, 0.2) is 0 Å². The Balaban J connectivity index is 4.10. The van der Waals surface area contributed by atoms with Gasteiger partial charge in [0, 0.05) is 5.57 Å². The largest absolute Gasteiger partial charge is 0.478 e. The number of hydrogen-bond donors (Lipinski definition) is 2. The van der Waals surface area contributed by atoms with E-state index in [-0.39, 0.29) is 12.0 Å². The van der Waals surface area contributed by atoms with E-state index < -0.39 is 27.8 Å². The fraction of sp³-hybridized carbons (Fsp3) is 0.571. The summed E-state index contributed by atoms with van der Waals surface area (Å²) >= 11 is 0. The molecule has 6 heteroatoms. The highest BCUT2D eigenvalue weighted by molar-refractivity contribution is 7.85. The molecule has 76 valence electrons. The van der Waals surface area contributed by atoms with Crippen LogP contribution in [-0.2, 0) is 14.9 Å². The second-order valence-corrected chi connectivity index (χ2v) is 4.38. The van der Waals surface area contributed by atoms with E-state index in [1.807, 2.05) is 0 Å². The molecule has 0 aliphatic rings. The molecule has 0 radical (unpaired) electrons. The number of rotatable bonds is 5. The number of aliphatic carboxylic acids is 1. The number of carboxylic acids is 1. The van der Waals surface area contributed by atoms with Crippen molar-refractivity contribution in [3.63, 3.8) is 0 Å². The minimum absolute atomic E-state index is 0.0522. The van der Waals surface area contributed by atoms with Crippen molar-refractivity contribution < 1.29 is 22.9 Å². The van der Waals surface area contributed by atoms with Crippen LogP contribution >= 0.6 is 0 Å². The molecule has 0 amide bonds. The van der Waals surface area contributed by atoms with Gasteiger partial charge in [0.05, 0.1) is 5.75 Å². The molecule has 0 aromatic rings. The fourth-order valence-corrected chi connectivity index (χ4v) is 1.36. The van der Waals surface area contributed by atoms with Crippen LogP contribution in [-0.4, -0.2) is 29.8 Å². The lowest BCUT2D eigenvalue weighted by atomic mass is 10.0. The maximum absolute atomic E-state index is 10.4. The van der Waals surface area contributed by atoms with E-state index >= 15 is 0 Å². The van der Waals surface area contributed by atoms with Gasteiger partial charge in [-0.1, -0.05) is 13.5 Å². The Morgan fingerprint density at radius 2 is 2.00 bits per heavy atom. The summed E-state index contributed by atoms with van der Waals surface area (Å²) < 4.78 is 29.0. The molecule has 0 rings (SSSR count). The maximum Gasteiger partial charge on any atom is 0.331 e. The normalized spacial score (nSPS) is 13.7. The van der Waals surface area contributed by atoms with Crippen molar-refractivity contribution in [1.29, 1.82) is 0 Å². The van der Waals surface area contributed by atoms with Crippen molar-refractivity contribution in [3.8, 4) is 0 Å². The van der Waals surface area contributed by atoms with Crippen LogP contribution in [0.25, 0.3) is 0 Å². The van der Waals surface area contributed by atoms with Crippen LogP contribution in [0.1, 0.15) is 13.3 Å². The zero-order valence-electron chi connectivity index (χ0n) is 7.23. The van der Waals surface area contributed by atoms with Crippen molar-refractivity contribution in [3.05, 3.63) is 12.2 Å². The molecule has 13 heavy (non-hydrogen) atoms. The topological polar surface area (TPSA) is 91.7 Å². The molecular formula is C7H12O5S. The van der Waals surface area contributed by atoms with Gasteiger partial charge in [-0.2, -0.15) is 8.42 Å². The average molecular weight is 208 g/mol. The molecule has 5 nitrogen and oxygen atoms in total. The van der Waals surface area contributed by atoms with Crippen LogP contribution in [0.15, 0.2) is 12.2 Å². The Labute approximate surface area is 76.8 Å². The quantitative estimate of drug-likeness (QED) is 0.508. The van der Waals surface area contributed by atoms with Crippen molar-refractivity contribution in [2.24, 2.45) is 5.92 Å². The van der Waals surface area contributed by atoms with E-state index in [1.54, 1.807) is 6.92 Å². The molecule has 0 aromatic carbocycles. The summed E-state index contributed by atoms with van der Waals surface area (Å²) in [7, 11) is -4.01. The summed E-state index contributed by atoms with van der Waals surface area (Å²) in [4.78, 5) is 10.4. The van der Waals surface area contributed by atoms with Gasteiger partial charge >= 0.3 is 5.97 Å². The third-order valence-corrected chi connectivity index (χ3v) is 2.43. The highest BCUT2D eigenvalue weighted by Gasteiger charge is 2.16. The van der Waals surface area contributed by atoms with Crippen molar-refractivity contribution >= 4 is 16.1 Å². The summed E-state index contributed by atoms with van der Waals surface area (Å²) in [5, 5.41) is 8.47. The maximum atomic E-state index is 10.4. The zero-order valence-corrected chi connectivity index (χ0v) is 8.04. The smallest absolute Gasteiger partial charge is 0.331 e. The number of hydrogen-bond acceptors (Lipinski definition) is 3. The molecule has 0 aromatic heterocycles. The molecule has 2 N–H and O–H groups in total. The minimum atomic E-state index is -4.01. The third-order valence-electron chi connectivity index (χ3n) is 1.68. The fourth-order valence-electron chi connectivity index (χ4n) is 0.711. The van der Waals surface area contributed by atoms with E-state index in [0.717, 1.165) is 0 Å². The Hall–Kier alpha value is -0.880. The van der Waals surface area contributed by atoms with Crippen LogP contribution in [0.4, 0.5) is 0 Å². The molecule has 0 saturated carbocycles. The predicted molar refractivity (Wildman–Crippen MR) is 47.0 cm³/mol. The van der Waals surface area contributed by atoms with E-state index in [1.165, 1.54) is 0 Å². The van der Waals surface area contributed by atoms with Crippen molar-refractivity contribution in [2.75, 3.05) is 5.75 Å². The van der Waals surface area contributed by atoms with E-state index in [0.29, 0.717) is 0 Å². The van der Waals surface area contributed by atoms with Crippen LogP contribution in [0, 0.1) is 5.92 Å². The van der Waals surface area contributed by atoms with Gasteiger partial charge in [-0.3, -0.25) is 4.55 Å². The molecule has 0 spiro atoms. The third kappa shape index (κ3) is 5.37. The van der Waals surface area contributed by atoms with Crippen molar-refractivity contribution in [2.45, 2.75) is 13.3 Å². The molecule has 1 unspecified atom stereocenters. The summed E-state index contributed by atoms with van der Waals surface area (Å²) in [6.07, 6.45) is 0.0595. The predicted octanol–water partition coefficient (Wildman–Crippen LogP) is 0.541. The second kappa shape index (κ2) is 4.38. The molecule has 0 heterocycles. The molecule has 0 aliphatic heterocycles. The van der Waals surface area contributed by atoms with Crippen LogP contribution in [0.2, 0.25) is 0 Å². The Morgan fingerprint density at radius 3 is 2.31 bits per heavy atom. The average Bonchev–Trinajstić information content (AvgIpc) is 1.97. The lowest BCUT2D eigenvalue weighted by Crippen LogP contribution is -2.13. The van der Waals surface area contributed by atoms with Gasteiger partial charge in [-0.25, -0.2) is 4.79 Å². The van der Waals surface area contributed by atoms with Crippen molar-refractivity contribution in [1.82, 2.24) is 0 Å². The van der Waals surface area contributed by atoms with Crippen LogP contribution in [0.5, 0.6) is 0 Å². The SMILES string of the molecule is C=C(C(=O)O)C(C)CCS(=O)(=O)O. The Kier molecular flexibility index (Phi) is 4.09. The first-order chi connectivity index (χ1) is 5.74. The van der Waals surface area contributed by atoms with Crippen LogP contribution < -0.4 is 0 Å². The molecule has 1 atom stereocenters. The summed E-state index contributed by atoms with van der Waals surface area (Å²) in [5.41, 5.74) is -0.0522. The standard InChI is InChI=1S/C7H12O5S/c1-5(6(2)7(8)9)3-4-13(10,11)12/h5H,2-4H2,1H3,(H,8,9)(H,10,11,12). The lowest BCUT2D eigenvalue weighted by Gasteiger charge is -2.08. The first-order valence-corrected chi connectivity index (χ1v) is 5.22. The van der Waals surface area contributed by atoms with Gasteiger partial charge in [0.25, 0.3) is 10.1 Å². The van der Waals surface area contributed by atoms with Gasteiger partial charge < -0.3 is 5.11 Å². The number of carboxylic acid groups (broad SMARTS) is 1. The molecule has 0 aliphatic carbocycles. The zero-order chi connectivity index (χ0) is 10.6. The van der Waals surface area contributed by atoms with Crippen LogP contribution in [0.3, 0.4) is 0 Å². The lowest BCUT2D eigenvalue weighted by molar-refractivity contribution is -0.133. The second-order valence-electron chi connectivity index (χ2n) is 2.81. The number of carbonyl (C=O) groups is 1. The monoisotopic (exact) mass is 208 g/mol. The van der Waals surface area contributed by atoms with E-state index in [9.17, 15) is 13.2 Å². The van der Waals surface area contributed by atoms with Gasteiger partial charge in [0.1, 0.15) is 0 Å². The van der Waals surface area contributed by atoms with E-state index in [2.05, 4.69) is 6.58 Å². The van der Waals surface area contributed by atoms with Gasteiger partial charge in [-0.15, -0.1) is 0 Å². The van der Waals surface area contributed by atoms with Gasteiger partial charge in [0.2, 0.25) is 0 Å². The Morgan fingerprint density at radius 1 is 1.54 bits per heavy atom. The summed E-state index contributed by atoms with van der Waals surface area (Å²) in [6.45, 7) is 4.82. The molecule has 0 fully saturated rings. The Bertz CT molecular complexity index is 303. The first kappa shape index (κ1) is 12.1. The molecule has 0 saturated heterocycles. The minimum Gasteiger partial charge on any atom is -0.478 e. The molecular weight excluding hydrogens is 196 g/mol. The van der Waals surface area contributed by atoms with E-state index in [4.69, 9.17) is 9.66 Å². The molecule has 0 bridgehead atoms. The first-order valence-electron chi connectivity index (χ1n) is 3.61. The highest BCUT2D eigenvalue weighted by atomic mass is 32.2. The summed E-state index contributed by atoms with van der Waals surface area (Å²) in [5.74, 6) is -2.05.